The van der Waals surface area contributed by atoms with Crippen molar-refractivity contribution in [3.8, 4) is 0 Å². The first-order valence-corrected chi connectivity index (χ1v) is 7.53. The molecule has 0 radical (unpaired) electrons. The SMILES string of the molecule is O=CO[C@@H]1[C@H](O)[C@@H](O[C@H]2[C@@H](O)[C@H](O)[C@H](CO)O[C@H]2O)O[C@H](CO)[C@H]1O. The first kappa shape index (κ1) is 20.4. The second-order valence-electron chi connectivity index (χ2n) is 5.73. The number of carbonyl (C=O) groups excluding carboxylic acids is 1. The molecule has 0 aromatic rings. The molecule has 0 aromatic heterocycles. The molecule has 25 heavy (non-hydrogen) atoms. The van der Waals surface area contributed by atoms with Gasteiger partial charge in [0, 0.05) is 0 Å². The first-order chi connectivity index (χ1) is 11.8. The summed E-state index contributed by atoms with van der Waals surface area (Å²) in [5, 5.41) is 68.0. The Morgan fingerprint density at radius 1 is 0.800 bits per heavy atom. The van der Waals surface area contributed by atoms with Crippen LogP contribution in [-0.2, 0) is 23.7 Å². The van der Waals surface area contributed by atoms with E-state index in [2.05, 4.69) is 4.74 Å². The van der Waals surface area contributed by atoms with E-state index in [1.54, 1.807) is 0 Å². The van der Waals surface area contributed by atoms with Gasteiger partial charge in [-0.1, -0.05) is 0 Å². The summed E-state index contributed by atoms with van der Waals surface area (Å²) in [4.78, 5) is 10.5. The zero-order valence-corrected chi connectivity index (χ0v) is 12.9. The van der Waals surface area contributed by atoms with Gasteiger partial charge in [0.1, 0.15) is 42.7 Å². The van der Waals surface area contributed by atoms with Crippen molar-refractivity contribution in [1.82, 2.24) is 0 Å². The van der Waals surface area contributed by atoms with Crippen LogP contribution in [0.5, 0.6) is 0 Å². The summed E-state index contributed by atoms with van der Waals surface area (Å²) in [6.45, 7) is -1.39. The molecule has 12 heteroatoms. The van der Waals surface area contributed by atoms with E-state index in [4.69, 9.17) is 19.3 Å². The van der Waals surface area contributed by atoms with E-state index in [1.807, 2.05) is 0 Å². The van der Waals surface area contributed by atoms with Gasteiger partial charge in [0.2, 0.25) is 0 Å². The number of hydrogen-bond donors (Lipinski definition) is 7. The molecule has 2 fully saturated rings. The molecule has 2 saturated heterocycles. The molecule has 10 atom stereocenters. The molecule has 0 unspecified atom stereocenters. The summed E-state index contributed by atoms with van der Waals surface area (Å²) >= 11 is 0. The number of rotatable bonds is 6. The number of aliphatic hydroxyl groups is 7. The zero-order valence-electron chi connectivity index (χ0n) is 12.9. The Kier molecular flexibility index (Phi) is 7.04. The average molecular weight is 370 g/mol. The van der Waals surface area contributed by atoms with Crippen molar-refractivity contribution in [2.24, 2.45) is 0 Å². The van der Waals surface area contributed by atoms with Crippen LogP contribution in [-0.4, -0.2) is 117 Å². The minimum absolute atomic E-state index is 0.0169. The fourth-order valence-electron chi connectivity index (χ4n) is 2.76. The smallest absolute Gasteiger partial charge is 0.293 e. The lowest BCUT2D eigenvalue weighted by molar-refractivity contribution is -0.361. The fraction of sp³-hybridized carbons (Fsp3) is 0.923. The van der Waals surface area contributed by atoms with Crippen LogP contribution in [0.1, 0.15) is 0 Å². The zero-order chi connectivity index (χ0) is 18.7. The molecule has 0 spiro atoms. The summed E-state index contributed by atoms with van der Waals surface area (Å²) < 4.78 is 19.9. The Bertz CT molecular complexity index is 435. The van der Waals surface area contributed by atoms with Crippen molar-refractivity contribution in [1.29, 1.82) is 0 Å². The summed E-state index contributed by atoms with van der Waals surface area (Å²) in [5.74, 6) is 0. The predicted octanol–water partition coefficient (Wildman–Crippen LogP) is -5.22. The van der Waals surface area contributed by atoms with Crippen LogP contribution < -0.4 is 0 Å². The van der Waals surface area contributed by atoms with Crippen molar-refractivity contribution in [3.05, 3.63) is 0 Å². The highest BCUT2D eigenvalue weighted by Gasteiger charge is 2.51. The van der Waals surface area contributed by atoms with Crippen LogP contribution in [0.3, 0.4) is 0 Å². The van der Waals surface area contributed by atoms with Gasteiger partial charge in [0.05, 0.1) is 13.2 Å². The van der Waals surface area contributed by atoms with E-state index in [0.717, 1.165) is 0 Å². The van der Waals surface area contributed by atoms with Crippen molar-refractivity contribution >= 4 is 6.47 Å². The fourth-order valence-corrected chi connectivity index (χ4v) is 2.76. The molecule has 2 aliphatic rings. The minimum atomic E-state index is -1.78. The maximum absolute atomic E-state index is 10.5. The second-order valence-corrected chi connectivity index (χ2v) is 5.73. The Balaban J connectivity index is 2.12. The topological polar surface area (TPSA) is 196 Å². The molecule has 2 rings (SSSR count). The van der Waals surface area contributed by atoms with Gasteiger partial charge >= 0.3 is 0 Å². The van der Waals surface area contributed by atoms with Gasteiger partial charge < -0.3 is 54.7 Å². The monoisotopic (exact) mass is 370 g/mol. The van der Waals surface area contributed by atoms with Crippen LogP contribution in [0.15, 0.2) is 0 Å². The Morgan fingerprint density at radius 2 is 1.40 bits per heavy atom. The normalized spacial score (nSPS) is 48.1. The van der Waals surface area contributed by atoms with E-state index in [1.165, 1.54) is 0 Å². The van der Waals surface area contributed by atoms with Gasteiger partial charge in [0.25, 0.3) is 6.47 Å². The Morgan fingerprint density at radius 3 is 1.96 bits per heavy atom. The molecule has 0 aromatic carbocycles. The van der Waals surface area contributed by atoms with Crippen LogP contribution in [0.2, 0.25) is 0 Å². The van der Waals surface area contributed by atoms with Crippen LogP contribution in [0.4, 0.5) is 0 Å². The van der Waals surface area contributed by atoms with E-state index in [0.29, 0.717) is 0 Å². The van der Waals surface area contributed by atoms with Crippen LogP contribution >= 0.6 is 0 Å². The lowest BCUT2D eigenvalue weighted by Crippen LogP contribution is -2.64. The summed E-state index contributed by atoms with van der Waals surface area (Å²) in [6.07, 6.45) is -15.6. The Labute approximate surface area is 141 Å². The molecule has 0 aliphatic carbocycles. The van der Waals surface area contributed by atoms with Crippen molar-refractivity contribution in [2.45, 2.75) is 61.4 Å². The van der Waals surface area contributed by atoms with Gasteiger partial charge in [-0.25, -0.2) is 0 Å². The highest BCUT2D eigenvalue weighted by Crippen LogP contribution is 2.29. The predicted molar refractivity (Wildman–Crippen MR) is 73.5 cm³/mol. The van der Waals surface area contributed by atoms with Crippen LogP contribution in [0, 0.1) is 0 Å². The summed E-state index contributed by atoms with van der Waals surface area (Å²) in [6, 6.07) is 0. The van der Waals surface area contributed by atoms with Gasteiger partial charge in [-0.05, 0) is 0 Å². The highest BCUT2D eigenvalue weighted by molar-refractivity contribution is 5.38. The molecule has 7 N–H and O–H groups in total. The highest BCUT2D eigenvalue weighted by atomic mass is 16.7. The van der Waals surface area contributed by atoms with Gasteiger partial charge in [0.15, 0.2) is 18.7 Å². The third kappa shape index (κ3) is 4.09. The quantitative estimate of drug-likeness (QED) is 0.220. The molecule has 12 nitrogen and oxygen atoms in total. The molecule has 2 heterocycles. The molecule has 0 amide bonds. The van der Waals surface area contributed by atoms with Gasteiger partial charge in [-0.15, -0.1) is 0 Å². The molecule has 146 valence electrons. The van der Waals surface area contributed by atoms with Crippen LogP contribution in [0.25, 0.3) is 0 Å². The number of aliphatic hydroxyl groups excluding tert-OH is 7. The molecule has 2 aliphatic heterocycles. The second kappa shape index (κ2) is 8.64. The van der Waals surface area contributed by atoms with E-state index in [-0.39, 0.29) is 6.47 Å². The standard InChI is InChI=1S/C13H22O12/c14-1-4-6(17)8(19)11(12(21)23-4)25-13-9(20)10(22-3-16)7(18)5(2-15)24-13/h3-15,17-21H,1-2H2/t4-,5+,6+,7+,8-,9-,10-,11-,12+,13+/m0/s1. The third-order valence-corrected chi connectivity index (χ3v) is 4.17. The molecule has 0 saturated carbocycles. The Hall–Kier alpha value is -0.930. The first-order valence-electron chi connectivity index (χ1n) is 7.53. The average Bonchev–Trinajstić information content (AvgIpc) is 2.60. The lowest BCUT2D eigenvalue weighted by Gasteiger charge is -2.45. The maximum atomic E-state index is 10.5. The maximum Gasteiger partial charge on any atom is 0.293 e. The molecular weight excluding hydrogens is 348 g/mol. The van der Waals surface area contributed by atoms with Gasteiger partial charge in [-0.3, -0.25) is 4.79 Å². The molecular formula is C13H22O12. The van der Waals surface area contributed by atoms with E-state index in [9.17, 15) is 35.4 Å². The van der Waals surface area contributed by atoms with Gasteiger partial charge in [-0.2, -0.15) is 0 Å². The minimum Gasteiger partial charge on any atom is -0.459 e. The number of hydrogen-bond acceptors (Lipinski definition) is 12. The summed E-state index contributed by atoms with van der Waals surface area (Å²) in [7, 11) is 0. The largest absolute Gasteiger partial charge is 0.459 e. The molecule has 0 bridgehead atoms. The van der Waals surface area contributed by atoms with Crippen molar-refractivity contribution < 1.29 is 59.5 Å². The van der Waals surface area contributed by atoms with Crippen molar-refractivity contribution in [3.63, 3.8) is 0 Å². The lowest BCUT2D eigenvalue weighted by atomic mass is 9.97. The number of ether oxygens (including phenoxy) is 4. The van der Waals surface area contributed by atoms with E-state index < -0.39 is 74.6 Å². The van der Waals surface area contributed by atoms with E-state index >= 15 is 0 Å². The summed E-state index contributed by atoms with van der Waals surface area (Å²) in [5.41, 5.74) is 0. The van der Waals surface area contributed by atoms with Crippen molar-refractivity contribution in [2.75, 3.05) is 13.2 Å². The third-order valence-electron chi connectivity index (χ3n) is 4.17. The number of carbonyl (C=O) groups is 1.